The van der Waals surface area contributed by atoms with Crippen molar-refractivity contribution in [2.75, 3.05) is 9.80 Å². The van der Waals surface area contributed by atoms with Crippen LogP contribution in [0.25, 0.3) is 22.3 Å². The van der Waals surface area contributed by atoms with Crippen molar-refractivity contribution in [2.24, 2.45) is 0 Å². The van der Waals surface area contributed by atoms with E-state index in [1.807, 2.05) is 42.9 Å². The third-order valence-electron chi connectivity index (χ3n) is 8.15. The maximum absolute atomic E-state index is 4.96. The quantitative estimate of drug-likeness (QED) is 0.171. The molecule has 4 aromatic carbocycles. The van der Waals surface area contributed by atoms with Crippen LogP contribution < -0.4 is 9.80 Å². The highest BCUT2D eigenvalue weighted by atomic mass is 15.2. The molecular formula is C42H35N5. The van der Waals surface area contributed by atoms with Crippen LogP contribution in [0.15, 0.2) is 158 Å². The van der Waals surface area contributed by atoms with Gasteiger partial charge in [0, 0.05) is 29.8 Å². The standard InChI is InChI=1S/C42H35N5/c1-30-17-23-40(44-28-30)46(36-21-19-34(20-22-36)33-12-6-4-7-13-33)37-26-32(3)27-38(42(37)35-14-8-5-9-15-35)47(39-16-10-11-25-43-39)41-24-18-31(2)29-45-41/h4-29H,1-3H3. The Hall–Kier alpha value is -6.07. The summed E-state index contributed by atoms with van der Waals surface area (Å²) in [5, 5.41) is 0. The van der Waals surface area contributed by atoms with Crippen molar-refractivity contribution in [3.8, 4) is 22.3 Å². The molecule has 0 radical (unpaired) electrons. The van der Waals surface area contributed by atoms with E-state index in [9.17, 15) is 0 Å². The summed E-state index contributed by atoms with van der Waals surface area (Å²) in [5.74, 6) is 2.40. The molecule has 0 aliphatic rings. The molecule has 0 N–H and O–H groups in total. The van der Waals surface area contributed by atoms with Gasteiger partial charge in [-0.3, -0.25) is 9.80 Å². The van der Waals surface area contributed by atoms with E-state index in [1.165, 1.54) is 5.56 Å². The number of aryl methyl sites for hydroxylation is 3. The van der Waals surface area contributed by atoms with Gasteiger partial charge in [-0.1, -0.05) is 91.0 Å². The second-order valence-electron chi connectivity index (χ2n) is 11.7. The Labute approximate surface area is 276 Å². The van der Waals surface area contributed by atoms with Crippen molar-refractivity contribution < 1.29 is 0 Å². The maximum Gasteiger partial charge on any atom is 0.138 e. The van der Waals surface area contributed by atoms with E-state index in [1.54, 1.807) is 0 Å². The van der Waals surface area contributed by atoms with Gasteiger partial charge in [-0.15, -0.1) is 0 Å². The van der Waals surface area contributed by atoms with Crippen molar-refractivity contribution >= 4 is 34.5 Å². The van der Waals surface area contributed by atoms with Crippen LogP contribution in [-0.4, -0.2) is 15.0 Å². The van der Waals surface area contributed by atoms with Crippen molar-refractivity contribution in [2.45, 2.75) is 20.8 Å². The normalized spacial score (nSPS) is 10.9. The van der Waals surface area contributed by atoms with Gasteiger partial charge in [0.25, 0.3) is 0 Å². The van der Waals surface area contributed by atoms with Crippen LogP contribution in [0.4, 0.5) is 34.5 Å². The van der Waals surface area contributed by atoms with E-state index in [-0.39, 0.29) is 0 Å². The Morgan fingerprint density at radius 2 is 0.915 bits per heavy atom. The number of pyridine rings is 3. The van der Waals surface area contributed by atoms with Gasteiger partial charge in [0.15, 0.2) is 0 Å². The highest BCUT2D eigenvalue weighted by Crippen LogP contribution is 2.48. The highest BCUT2D eigenvalue weighted by molar-refractivity contribution is 5.98. The second kappa shape index (κ2) is 13.1. The molecule has 0 saturated carbocycles. The van der Waals surface area contributed by atoms with Crippen molar-refractivity contribution in [3.05, 3.63) is 175 Å². The zero-order valence-electron chi connectivity index (χ0n) is 26.7. The Kier molecular flexibility index (Phi) is 8.27. The van der Waals surface area contributed by atoms with Crippen LogP contribution in [-0.2, 0) is 0 Å². The van der Waals surface area contributed by atoms with Gasteiger partial charge >= 0.3 is 0 Å². The molecule has 3 aromatic heterocycles. The number of nitrogens with zero attached hydrogens (tertiary/aromatic N) is 5. The zero-order chi connectivity index (χ0) is 32.2. The molecule has 47 heavy (non-hydrogen) atoms. The van der Waals surface area contributed by atoms with Gasteiger partial charge < -0.3 is 0 Å². The lowest BCUT2D eigenvalue weighted by Gasteiger charge is -2.32. The van der Waals surface area contributed by atoms with Crippen molar-refractivity contribution in [3.63, 3.8) is 0 Å². The number of anilines is 6. The molecule has 7 rings (SSSR count). The molecule has 3 heterocycles. The maximum atomic E-state index is 4.96. The first kappa shape index (κ1) is 29.6. The zero-order valence-corrected chi connectivity index (χ0v) is 26.7. The van der Waals surface area contributed by atoms with Crippen LogP contribution >= 0.6 is 0 Å². The van der Waals surface area contributed by atoms with Gasteiger partial charge in [0.05, 0.1) is 11.4 Å². The predicted octanol–water partition coefficient (Wildman–Crippen LogP) is 11.1. The molecule has 0 atom stereocenters. The first-order chi connectivity index (χ1) is 23.0. The SMILES string of the molecule is Cc1ccc(N(c2ccc(-c3ccccc3)cc2)c2cc(C)cc(N(c3ccccn3)c3ccc(C)cn3)c2-c2ccccc2)nc1. The minimum absolute atomic E-state index is 0.782. The predicted molar refractivity (Wildman–Crippen MR) is 194 cm³/mol. The minimum Gasteiger partial charge on any atom is -0.294 e. The largest absolute Gasteiger partial charge is 0.294 e. The van der Waals surface area contributed by atoms with Gasteiger partial charge in [-0.25, -0.2) is 15.0 Å². The van der Waals surface area contributed by atoms with Crippen LogP contribution in [0.1, 0.15) is 16.7 Å². The topological polar surface area (TPSA) is 45.2 Å². The van der Waals surface area contributed by atoms with Gasteiger partial charge in [0.2, 0.25) is 0 Å². The summed E-state index contributed by atoms with van der Waals surface area (Å²) in [6.07, 6.45) is 5.66. The molecule has 0 amide bonds. The van der Waals surface area contributed by atoms with E-state index in [0.29, 0.717) is 0 Å². The Morgan fingerprint density at radius 1 is 0.404 bits per heavy atom. The van der Waals surface area contributed by atoms with E-state index < -0.39 is 0 Å². The molecule has 0 saturated heterocycles. The first-order valence-electron chi connectivity index (χ1n) is 15.8. The van der Waals surface area contributed by atoms with E-state index in [2.05, 4.69) is 146 Å². The summed E-state index contributed by atoms with van der Waals surface area (Å²) >= 11 is 0. The summed E-state index contributed by atoms with van der Waals surface area (Å²) in [5.41, 5.74) is 10.7. The second-order valence-corrected chi connectivity index (χ2v) is 11.7. The summed E-state index contributed by atoms with van der Waals surface area (Å²) in [7, 11) is 0. The van der Waals surface area contributed by atoms with Crippen LogP contribution in [0.3, 0.4) is 0 Å². The molecule has 0 bridgehead atoms. The monoisotopic (exact) mass is 609 g/mol. The summed E-state index contributed by atoms with van der Waals surface area (Å²) in [6.45, 7) is 6.26. The lowest BCUT2D eigenvalue weighted by Crippen LogP contribution is -2.18. The third-order valence-corrected chi connectivity index (χ3v) is 8.15. The average molecular weight is 610 g/mol. The molecule has 0 aliphatic heterocycles. The minimum atomic E-state index is 0.782. The van der Waals surface area contributed by atoms with Gasteiger partial charge in [-0.05, 0) is 103 Å². The number of aromatic nitrogens is 3. The molecule has 0 unspecified atom stereocenters. The summed E-state index contributed by atoms with van der Waals surface area (Å²) < 4.78 is 0. The molecule has 0 spiro atoms. The highest BCUT2D eigenvalue weighted by Gasteiger charge is 2.26. The molecular weight excluding hydrogens is 574 g/mol. The molecule has 0 aliphatic carbocycles. The van der Waals surface area contributed by atoms with E-state index in [4.69, 9.17) is 15.0 Å². The lowest BCUT2D eigenvalue weighted by molar-refractivity contribution is 1.11. The fourth-order valence-corrected chi connectivity index (χ4v) is 5.86. The third kappa shape index (κ3) is 6.24. The molecule has 5 nitrogen and oxygen atoms in total. The van der Waals surface area contributed by atoms with Crippen LogP contribution in [0, 0.1) is 20.8 Å². The van der Waals surface area contributed by atoms with E-state index in [0.717, 1.165) is 67.9 Å². The Balaban J connectivity index is 1.51. The molecule has 5 heteroatoms. The number of rotatable bonds is 8. The van der Waals surface area contributed by atoms with Crippen molar-refractivity contribution in [1.82, 2.24) is 15.0 Å². The van der Waals surface area contributed by atoms with Gasteiger partial charge in [-0.2, -0.15) is 0 Å². The fraction of sp³-hybridized carbons (Fsp3) is 0.0714. The molecule has 7 aromatic rings. The van der Waals surface area contributed by atoms with Gasteiger partial charge in [0.1, 0.15) is 17.5 Å². The molecule has 0 fully saturated rings. The molecule has 228 valence electrons. The lowest BCUT2D eigenvalue weighted by atomic mass is 9.96. The van der Waals surface area contributed by atoms with Crippen LogP contribution in [0.2, 0.25) is 0 Å². The Morgan fingerprint density at radius 3 is 1.47 bits per heavy atom. The fourth-order valence-electron chi connectivity index (χ4n) is 5.86. The van der Waals surface area contributed by atoms with Crippen molar-refractivity contribution in [1.29, 1.82) is 0 Å². The number of hydrogen-bond donors (Lipinski definition) is 0. The first-order valence-corrected chi connectivity index (χ1v) is 15.8. The van der Waals surface area contributed by atoms with Crippen LogP contribution in [0.5, 0.6) is 0 Å². The smallest absolute Gasteiger partial charge is 0.138 e. The summed E-state index contributed by atoms with van der Waals surface area (Å²) in [6, 6.07) is 48.5. The average Bonchev–Trinajstić information content (AvgIpc) is 3.12. The van der Waals surface area contributed by atoms with E-state index >= 15 is 0 Å². The Bertz CT molecular complexity index is 2080. The number of benzene rings is 4. The number of hydrogen-bond acceptors (Lipinski definition) is 5. The summed E-state index contributed by atoms with van der Waals surface area (Å²) in [4.78, 5) is 19.1.